The molecule has 0 heterocycles. The van der Waals surface area contributed by atoms with E-state index in [1.165, 1.54) is 0 Å². The maximum absolute atomic E-state index is 11.5. The summed E-state index contributed by atoms with van der Waals surface area (Å²) in [6.07, 6.45) is 1.20. The Morgan fingerprint density at radius 3 is 2.93 bits per heavy atom. The van der Waals surface area contributed by atoms with Crippen molar-refractivity contribution >= 4 is 45.8 Å². The molecule has 1 rings (SSSR count). The van der Waals surface area contributed by atoms with Gasteiger partial charge in [0, 0.05) is 21.6 Å². The zero-order valence-corrected chi connectivity index (χ0v) is 11.4. The van der Waals surface area contributed by atoms with Gasteiger partial charge in [-0.2, -0.15) is 0 Å². The van der Waals surface area contributed by atoms with Crippen molar-refractivity contribution in [3.8, 4) is 0 Å². The second-order valence-electron chi connectivity index (χ2n) is 3.25. The largest absolute Gasteiger partial charge is 0.326 e. The highest BCUT2D eigenvalue weighted by atomic mass is 127. The Balaban J connectivity index is 2.64. The van der Waals surface area contributed by atoms with Crippen molar-refractivity contribution in [2.24, 2.45) is 0 Å². The molecular formula is C11H13ClINO. The van der Waals surface area contributed by atoms with Crippen LogP contribution in [0.2, 0.25) is 0 Å². The van der Waals surface area contributed by atoms with Gasteiger partial charge in [0.2, 0.25) is 5.91 Å². The van der Waals surface area contributed by atoms with Crippen molar-refractivity contribution in [2.75, 3.05) is 11.2 Å². The van der Waals surface area contributed by atoms with E-state index >= 15 is 0 Å². The SMILES string of the molecule is Cc1c(I)cccc1NC(=O)CCCCl. The van der Waals surface area contributed by atoms with Crippen molar-refractivity contribution in [1.29, 1.82) is 0 Å². The molecule has 82 valence electrons. The van der Waals surface area contributed by atoms with Crippen LogP contribution in [0.3, 0.4) is 0 Å². The van der Waals surface area contributed by atoms with E-state index in [-0.39, 0.29) is 5.91 Å². The Morgan fingerprint density at radius 2 is 2.27 bits per heavy atom. The molecule has 15 heavy (non-hydrogen) atoms. The van der Waals surface area contributed by atoms with Crippen molar-refractivity contribution < 1.29 is 4.79 Å². The third-order valence-corrected chi connectivity index (χ3v) is 3.52. The summed E-state index contributed by atoms with van der Waals surface area (Å²) >= 11 is 7.78. The molecule has 1 aromatic carbocycles. The summed E-state index contributed by atoms with van der Waals surface area (Å²) in [7, 11) is 0. The Bertz CT molecular complexity index is 354. The second kappa shape index (κ2) is 6.33. The highest BCUT2D eigenvalue weighted by Gasteiger charge is 2.05. The third-order valence-electron chi connectivity index (χ3n) is 2.08. The number of halogens is 2. The smallest absolute Gasteiger partial charge is 0.224 e. The summed E-state index contributed by atoms with van der Waals surface area (Å²) in [5.41, 5.74) is 2.00. The van der Waals surface area contributed by atoms with Gasteiger partial charge in [0.15, 0.2) is 0 Å². The van der Waals surface area contributed by atoms with Crippen LogP contribution in [-0.4, -0.2) is 11.8 Å². The molecular weight excluding hydrogens is 324 g/mol. The number of hydrogen-bond acceptors (Lipinski definition) is 1. The standard InChI is InChI=1S/C11H13ClINO/c1-8-9(13)4-2-5-10(8)14-11(15)6-3-7-12/h2,4-5H,3,6-7H2,1H3,(H,14,15). The van der Waals surface area contributed by atoms with Gasteiger partial charge in [0.25, 0.3) is 0 Å². The lowest BCUT2D eigenvalue weighted by atomic mass is 10.2. The average molecular weight is 338 g/mol. The molecule has 0 aliphatic rings. The highest BCUT2D eigenvalue weighted by Crippen LogP contribution is 2.20. The molecule has 0 bridgehead atoms. The van der Waals surface area contributed by atoms with Crippen LogP contribution in [0.5, 0.6) is 0 Å². The minimum Gasteiger partial charge on any atom is -0.326 e. The maximum atomic E-state index is 11.5. The minimum atomic E-state index is 0.0285. The van der Waals surface area contributed by atoms with Crippen molar-refractivity contribution in [3.63, 3.8) is 0 Å². The van der Waals surface area contributed by atoms with Gasteiger partial charge in [-0.05, 0) is 53.6 Å². The summed E-state index contributed by atoms with van der Waals surface area (Å²) < 4.78 is 1.16. The molecule has 0 radical (unpaired) electrons. The monoisotopic (exact) mass is 337 g/mol. The van der Waals surface area contributed by atoms with Gasteiger partial charge in [0.05, 0.1) is 0 Å². The first kappa shape index (κ1) is 12.8. The molecule has 1 N–H and O–H groups in total. The van der Waals surface area contributed by atoms with Crippen LogP contribution in [0.1, 0.15) is 18.4 Å². The number of carbonyl (C=O) groups is 1. The van der Waals surface area contributed by atoms with E-state index in [9.17, 15) is 4.79 Å². The van der Waals surface area contributed by atoms with Crippen LogP contribution in [0, 0.1) is 10.5 Å². The van der Waals surface area contributed by atoms with Crippen molar-refractivity contribution in [2.45, 2.75) is 19.8 Å². The number of alkyl halides is 1. The zero-order valence-electron chi connectivity index (χ0n) is 8.52. The Morgan fingerprint density at radius 1 is 1.53 bits per heavy atom. The summed E-state index contributed by atoms with van der Waals surface area (Å²) in [5, 5.41) is 2.88. The molecule has 4 heteroatoms. The van der Waals surface area contributed by atoms with Gasteiger partial charge in [-0.1, -0.05) is 6.07 Å². The first-order valence-corrected chi connectivity index (χ1v) is 6.37. The predicted octanol–water partition coefficient (Wildman–Crippen LogP) is 3.56. The van der Waals surface area contributed by atoms with E-state index in [2.05, 4.69) is 27.9 Å². The molecule has 0 saturated carbocycles. The molecule has 0 aliphatic carbocycles. The quantitative estimate of drug-likeness (QED) is 0.660. The highest BCUT2D eigenvalue weighted by molar-refractivity contribution is 14.1. The minimum absolute atomic E-state index is 0.0285. The van der Waals surface area contributed by atoms with Crippen LogP contribution >= 0.6 is 34.2 Å². The van der Waals surface area contributed by atoms with Gasteiger partial charge < -0.3 is 5.32 Å². The van der Waals surface area contributed by atoms with Crippen molar-refractivity contribution in [1.82, 2.24) is 0 Å². The molecule has 0 atom stereocenters. The fourth-order valence-corrected chi connectivity index (χ4v) is 1.81. The number of rotatable bonds is 4. The summed E-state index contributed by atoms with van der Waals surface area (Å²) in [4.78, 5) is 11.5. The van der Waals surface area contributed by atoms with Gasteiger partial charge in [-0.3, -0.25) is 4.79 Å². The first-order chi connectivity index (χ1) is 7.15. The number of amides is 1. The number of carbonyl (C=O) groups excluding carboxylic acids is 1. The van der Waals surface area contributed by atoms with Gasteiger partial charge in [0.1, 0.15) is 0 Å². The number of anilines is 1. The van der Waals surface area contributed by atoms with Crippen LogP contribution < -0.4 is 5.32 Å². The topological polar surface area (TPSA) is 29.1 Å². The predicted molar refractivity (Wildman–Crippen MR) is 72.5 cm³/mol. The Kier molecular flexibility index (Phi) is 5.39. The van der Waals surface area contributed by atoms with Crippen LogP contribution in [0.25, 0.3) is 0 Å². The molecule has 1 amide bonds. The molecule has 0 aliphatic heterocycles. The number of benzene rings is 1. The maximum Gasteiger partial charge on any atom is 0.224 e. The van der Waals surface area contributed by atoms with Crippen molar-refractivity contribution in [3.05, 3.63) is 27.3 Å². The van der Waals surface area contributed by atoms with E-state index in [0.29, 0.717) is 12.3 Å². The van der Waals surface area contributed by atoms with Crippen LogP contribution in [0.15, 0.2) is 18.2 Å². The summed E-state index contributed by atoms with van der Waals surface area (Å²) in [5.74, 6) is 0.555. The average Bonchev–Trinajstić information content (AvgIpc) is 2.22. The Labute approximate surface area is 109 Å². The van der Waals surface area contributed by atoms with E-state index in [0.717, 1.165) is 21.2 Å². The van der Waals surface area contributed by atoms with E-state index < -0.39 is 0 Å². The lowest BCUT2D eigenvalue weighted by Gasteiger charge is -2.09. The van der Waals surface area contributed by atoms with E-state index in [1.807, 2.05) is 25.1 Å². The molecule has 0 aromatic heterocycles. The van der Waals surface area contributed by atoms with E-state index in [4.69, 9.17) is 11.6 Å². The number of nitrogens with one attached hydrogen (secondary N) is 1. The summed E-state index contributed by atoms with van der Waals surface area (Å²) in [6, 6.07) is 5.87. The second-order valence-corrected chi connectivity index (χ2v) is 4.79. The fourth-order valence-electron chi connectivity index (χ4n) is 1.18. The van der Waals surface area contributed by atoms with Gasteiger partial charge in [-0.25, -0.2) is 0 Å². The fraction of sp³-hybridized carbons (Fsp3) is 0.364. The number of hydrogen-bond donors (Lipinski definition) is 1. The third kappa shape index (κ3) is 3.99. The van der Waals surface area contributed by atoms with Gasteiger partial charge in [-0.15, -0.1) is 11.6 Å². The lowest BCUT2D eigenvalue weighted by Crippen LogP contribution is -2.12. The van der Waals surface area contributed by atoms with Crippen LogP contribution in [0.4, 0.5) is 5.69 Å². The molecule has 2 nitrogen and oxygen atoms in total. The normalized spacial score (nSPS) is 10.1. The van der Waals surface area contributed by atoms with Crippen LogP contribution in [-0.2, 0) is 4.79 Å². The van der Waals surface area contributed by atoms with Gasteiger partial charge >= 0.3 is 0 Å². The first-order valence-electron chi connectivity index (χ1n) is 4.76. The molecule has 1 aromatic rings. The lowest BCUT2D eigenvalue weighted by molar-refractivity contribution is -0.116. The molecule has 0 spiro atoms. The molecule has 0 saturated heterocycles. The molecule has 0 fully saturated rings. The van der Waals surface area contributed by atoms with E-state index in [1.54, 1.807) is 0 Å². The zero-order chi connectivity index (χ0) is 11.3. The molecule has 0 unspecified atom stereocenters. The Hall–Kier alpha value is -0.290. The summed E-state index contributed by atoms with van der Waals surface area (Å²) in [6.45, 7) is 2.00.